The standard InChI is InChI=1S/C13H13N5O/c1-7-3-8(2)9-5-11(16-10(9)4-7)12(19)17-13-14-6-15-18-13/h3-6,16H,1-2H3,(H2,14,15,17,18,19). The van der Waals surface area contributed by atoms with E-state index in [1.54, 1.807) is 0 Å². The van der Waals surface area contributed by atoms with Crippen LogP contribution in [0, 0.1) is 13.8 Å². The molecule has 0 saturated heterocycles. The topological polar surface area (TPSA) is 86.5 Å². The zero-order valence-electron chi connectivity index (χ0n) is 10.6. The Labute approximate surface area is 109 Å². The van der Waals surface area contributed by atoms with Gasteiger partial charge in [0.25, 0.3) is 5.91 Å². The van der Waals surface area contributed by atoms with E-state index in [2.05, 4.69) is 31.5 Å². The number of rotatable bonds is 2. The van der Waals surface area contributed by atoms with E-state index in [0.29, 0.717) is 11.6 Å². The molecule has 19 heavy (non-hydrogen) atoms. The molecular weight excluding hydrogens is 242 g/mol. The van der Waals surface area contributed by atoms with Gasteiger partial charge in [-0.15, -0.1) is 0 Å². The molecule has 0 unspecified atom stereocenters. The SMILES string of the molecule is Cc1cc(C)c2cc(C(=O)Nc3ncn[nH]3)[nH]c2c1. The molecule has 1 amide bonds. The van der Waals surface area contributed by atoms with Crippen LogP contribution in [0.3, 0.4) is 0 Å². The summed E-state index contributed by atoms with van der Waals surface area (Å²) in [5, 5.41) is 9.94. The van der Waals surface area contributed by atoms with Crippen molar-refractivity contribution >= 4 is 22.8 Å². The van der Waals surface area contributed by atoms with Crippen LogP contribution in [0.25, 0.3) is 10.9 Å². The number of carbonyl (C=O) groups excluding carboxylic acids is 1. The quantitative estimate of drug-likeness (QED) is 0.655. The van der Waals surface area contributed by atoms with Crippen LogP contribution in [0.2, 0.25) is 0 Å². The molecule has 0 aliphatic carbocycles. The van der Waals surface area contributed by atoms with Gasteiger partial charge in [0.1, 0.15) is 12.0 Å². The van der Waals surface area contributed by atoms with Crippen LogP contribution in [-0.2, 0) is 0 Å². The lowest BCUT2D eigenvalue weighted by Gasteiger charge is -1.97. The molecule has 0 fully saturated rings. The monoisotopic (exact) mass is 255 g/mol. The second-order valence-electron chi connectivity index (χ2n) is 4.51. The van der Waals surface area contributed by atoms with Crippen LogP contribution in [0.1, 0.15) is 21.6 Å². The predicted octanol–water partition coefficient (Wildman–Crippen LogP) is 2.16. The molecule has 0 atom stereocenters. The number of nitrogens with zero attached hydrogens (tertiary/aromatic N) is 2. The number of carbonyl (C=O) groups is 1. The summed E-state index contributed by atoms with van der Waals surface area (Å²) in [5.74, 6) is 0.0848. The fourth-order valence-corrected chi connectivity index (χ4v) is 2.16. The number of amides is 1. The number of aryl methyl sites for hydroxylation is 2. The van der Waals surface area contributed by atoms with Crippen molar-refractivity contribution in [2.75, 3.05) is 5.32 Å². The molecule has 3 N–H and O–H groups in total. The highest BCUT2D eigenvalue weighted by molar-refractivity contribution is 6.05. The molecule has 1 aromatic carbocycles. The Kier molecular flexibility index (Phi) is 2.56. The Hall–Kier alpha value is -2.63. The maximum Gasteiger partial charge on any atom is 0.274 e. The minimum atomic E-state index is -0.245. The number of aromatic amines is 2. The Morgan fingerprint density at radius 1 is 1.26 bits per heavy atom. The smallest absolute Gasteiger partial charge is 0.274 e. The average molecular weight is 255 g/mol. The van der Waals surface area contributed by atoms with E-state index in [9.17, 15) is 4.79 Å². The number of H-pyrrole nitrogens is 2. The summed E-state index contributed by atoms with van der Waals surface area (Å²) in [6.07, 6.45) is 1.34. The molecule has 2 heterocycles. The number of hydrogen-bond acceptors (Lipinski definition) is 3. The van der Waals surface area contributed by atoms with Crippen molar-refractivity contribution in [2.24, 2.45) is 0 Å². The van der Waals surface area contributed by atoms with E-state index in [1.165, 1.54) is 6.33 Å². The van der Waals surface area contributed by atoms with Crippen LogP contribution in [-0.4, -0.2) is 26.1 Å². The van der Waals surface area contributed by atoms with Crippen LogP contribution in [0.4, 0.5) is 5.95 Å². The molecule has 6 heteroatoms. The zero-order chi connectivity index (χ0) is 13.4. The van der Waals surface area contributed by atoms with Crippen LogP contribution >= 0.6 is 0 Å². The van der Waals surface area contributed by atoms with Gasteiger partial charge < -0.3 is 4.98 Å². The van der Waals surface area contributed by atoms with Crippen LogP contribution < -0.4 is 5.32 Å². The molecule has 0 spiro atoms. The van der Waals surface area contributed by atoms with Gasteiger partial charge in [0, 0.05) is 10.9 Å². The summed E-state index contributed by atoms with van der Waals surface area (Å²) in [4.78, 5) is 19.0. The molecule has 0 aliphatic heterocycles. The Morgan fingerprint density at radius 2 is 2.11 bits per heavy atom. The fraction of sp³-hybridized carbons (Fsp3) is 0.154. The zero-order valence-corrected chi connectivity index (χ0v) is 10.6. The highest BCUT2D eigenvalue weighted by Crippen LogP contribution is 2.21. The van der Waals surface area contributed by atoms with E-state index in [-0.39, 0.29) is 5.91 Å². The van der Waals surface area contributed by atoms with E-state index >= 15 is 0 Å². The first kappa shape index (κ1) is 11.5. The normalized spacial score (nSPS) is 10.8. The van der Waals surface area contributed by atoms with Gasteiger partial charge in [-0.05, 0) is 37.1 Å². The van der Waals surface area contributed by atoms with Crippen molar-refractivity contribution in [2.45, 2.75) is 13.8 Å². The van der Waals surface area contributed by atoms with Gasteiger partial charge in [-0.2, -0.15) is 10.1 Å². The summed E-state index contributed by atoms with van der Waals surface area (Å²) >= 11 is 0. The van der Waals surface area contributed by atoms with Crippen molar-refractivity contribution in [3.8, 4) is 0 Å². The van der Waals surface area contributed by atoms with Gasteiger partial charge in [0.15, 0.2) is 0 Å². The minimum absolute atomic E-state index is 0.245. The first-order valence-electron chi connectivity index (χ1n) is 5.90. The molecule has 6 nitrogen and oxygen atoms in total. The number of aromatic nitrogens is 4. The van der Waals surface area contributed by atoms with Crippen molar-refractivity contribution < 1.29 is 4.79 Å². The summed E-state index contributed by atoms with van der Waals surface area (Å²) in [7, 11) is 0. The Bertz CT molecular complexity index is 742. The van der Waals surface area contributed by atoms with Gasteiger partial charge in [-0.1, -0.05) is 6.07 Å². The highest BCUT2D eigenvalue weighted by atomic mass is 16.2. The third-order valence-corrected chi connectivity index (χ3v) is 2.98. The number of fused-ring (bicyclic) bond motifs is 1. The maximum absolute atomic E-state index is 12.0. The van der Waals surface area contributed by atoms with E-state index in [0.717, 1.165) is 22.0 Å². The van der Waals surface area contributed by atoms with Crippen LogP contribution in [0.5, 0.6) is 0 Å². The second kappa shape index (κ2) is 4.24. The minimum Gasteiger partial charge on any atom is -0.351 e. The van der Waals surface area contributed by atoms with E-state index in [4.69, 9.17) is 0 Å². The first-order chi connectivity index (χ1) is 9.13. The summed E-state index contributed by atoms with van der Waals surface area (Å²) in [5.41, 5.74) is 3.76. The number of benzene rings is 1. The van der Waals surface area contributed by atoms with Crippen molar-refractivity contribution in [3.05, 3.63) is 41.3 Å². The van der Waals surface area contributed by atoms with Crippen molar-refractivity contribution in [1.82, 2.24) is 20.2 Å². The van der Waals surface area contributed by atoms with E-state index in [1.807, 2.05) is 26.0 Å². The largest absolute Gasteiger partial charge is 0.351 e. The number of hydrogen-bond donors (Lipinski definition) is 3. The number of nitrogens with one attached hydrogen (secondary N) is 3. The van der Waals surface area contributed by atoms with Gasteiger partial charge in [-0.3, -0.25) is 10.1 Å². The average Bonchev–Trinajstić information content (AvgIpc) is 2.97. The Balaban J connectivity index is 1.97. The lowest BCUT2D eigenvalue weighted by molar-refractivity contribution is 0.102. The van der Waals surface area contributed by atoms with Gasteiger partial charge >= 0.3 is 0 Å². The third-order valence-electron chi connectivity index (χ3n) is 2.98. The van der Waals surface area contributed by atoms with Crippen LogP contribution in [0.15, 0.2) is 24.5 Å². The molecule has 0 bridgehead atoms. The lowest BCUT2D eigenvalue weighted by atomic mass is 10.1. The van der Waals surface area contributed by atoms with Crippen molar-refractivity contribution in [3.63, 3.8) is 0 Å². The fourth-order valence-electron chi connectivity index (χ4n) is 2.16. The molecule has 96 valence electrons. The summed E-state index contributed by atoms with van der Waals surface area (Å²) in [6, 6.07) is 5.96. The summed E-state index contributed by atoms with van der Waals surface area (Å²) < 4.78 is 0. The Morgan fingerprint density at radius 3 is 2.84 bits per heavy atom. The molecule has 0 saturated carbocycles. The molecule has 0 radical (unpaired) electrons. The summed E-state index contributed by atoms with van der Waals surface area (Å²) in [6.45, 7) is 4.06. The molecule has 3 aromatic rings. The molecular formula is C13H13N5O. The molecule has 0 aliphatic rings. The molecule has 2 aromatic heterocycles. The predicted molar refractivity (Wildman–Crippen MR) is 72.1 cm³/mol. The second-order valence-corrected chi connectivity index (χ2v) is 4.51. The highest BCUT2D eigenvalue weighted by Gasteiger charge is 2.12. The van der Waals surface area contributed by atoms with Crippen molar-refractivity contribution in [1.29, 1.82) is 0 Å². The van der Waals surface area contributed by atoms with Gasteiger partial charge in [0.05, 0.1) is 0 Å². The lowest BCUT2D eigenvalue weighted by Crippen LogP contribution is -2.13. The van der Waals surface area contributed by atoms with E-state index < -0.39 is 0 Å². The third kappa shape index (κ3) is 2.08. The first-order valence-corrected chi connectivity index (χ1v) is 5.90. The van der Waals surface area contributed by atoms with Gasteiger partial charge in [-0.25, -0.2) is 5.10 Å². The number of anilines is 1. The van der Waals surface area contributed by atoms with Gasteiger partial charge in [0.2, 0.25) is 5.95 Å². The molecule has 3 rings (SSSR count). The maximum atomic E-state index is 12.0.